The predicted octanol–water partition coefficient (Wildman–Crippen LogP) is 2.93. The second kappa shape index (κ2) is 6.59. The average molecular weight is 270 g/mol. The van der Waals surface area contributed by atoms with Crippen molar-refractivity contribution in [1.29, 1.82) is 0 Å². The molecule has 0 aliphatic heterocycles. The Morgan fingerprint density at radius 3 is 2.83 bits per heavy atom. The maximum absolute atomic E-state index is 11.9. The second-order valence-corrected chi connectivity index (χ2v) is 4.84. The molecule has 2 unspecified atom stereocenters. The molecule has 1 heterocycles. The smallest absolute Gasteiger partial charge is 0.287 e. The zero-order valence-electron chi connectivity index (χ0n) is 11.1. The summed E-state index contributed by atoms with van der Waals surface area (Å²) in [4.78, 5) is 11.9. The zero-order valence-corrected chi connectivity index (χ0v) is 11.9. The normalized spacial score (nSPS) is 14.0. The van der Waals surface area contributed by atoms with Gasteiger partial charge in [-0.25, -0.2) is 4.68 Å². The molecule has 1 rings (SSSR count). The molecular formula is C13H20ClN3O. The summed E-state index contributed by atoms with van der Waals surface area (Å²) in [5, 5.41) is 7.47. The SMILES string of the molecule is C=CCn1ncc(NC(C)C(C)CC)c(Cl)c1=O. The minimum absolute atomic E-state index is 0.182. The molecule has 5 heteroatoms. The van der Waals surface area contributed by atoms with Crippen molar-refractivity contribution >= 4 is 17.3 Å². The molecule has 1 aromatic heterocycles. The molecule has 0 bridgehead atoms. The maximum atomic E-state index is 11.9. The molecule has 100 valence electrons. The van der Waals surface area contributed by atoms with Gasteiger partial charge in [0, 0.05) is 6.04 Å². The van der Waals surface area contributed by atoms with Crippen LogP contribution < -0.4 is 10.9 Å². The number of hydrogen-bond donors (Lipinski definition) is 1. The first-order chi connectivity index (χ1) is 8.51. The predicted molar refractivity (Wildman–Crippen MR) is 76.2 cm³/mol. The topological polar surface area (TPSA) is 46.9 Å². The number of halogens is 1. The number of allylic oxidation sites excluding steroid dienone is 1. The van der Waals surface area contributed by atoms with Crippen molar-refractivity contribution in [2.75, 3.05) is 5.32 Å². The first kappa shape index (κ1) is 14.8. The van der Waals surface area contributed by atoms with Gasteiger partial charge in [0.2, 0.25) is 0 Å². The van der Waals surface area contributed by atoms with Gasteiger partial charge in [-0.3, -0.25) is 4.79 Å². The van der Waals surface area contributed by atoms with E-state index in [9.17, 15) is 4.79 Å². The molecule has 18 heavy (non-hydrogen) atoms. The summed E-state index contributed by atoms with van der Waals surface area (Å²) in [5.74, 6) is 0.497. The zero-order chi connectivity index (χ0) is 13.7. The minimum Gasteiger partial charge on any atom is -0.380 e. The Balaban J connectivity index is 2.95. The fourth-order valence-corrected chi connectivity index (χ4v) is 1.76. The van der Waals surface area contributed by atoms with E-state index in [0.29, 0.717) is 18.2 Å². The van der Waals surface area contributed by atoms with E-state index in [4.69, 9.17) is 11.6 Å². The first-order valence-electron chi connectivity index (χ1n) is 6.14. The number of rotatable bonds is 6. The van der Waals surface area contributed by atoms with E-state index in [1.165, 1.54) is 4.68 Å². The van der Waals surface area contributed by atoms with Crippen molar-refractivity contribution in [1.82, 2.24) is 9.78 Å². The number of anilines is 1. The lowest BCUT2D eigenvalue weighted by molar-refractivity contribution is 0.494. The summed E-state index contributed by atoms with van der Waals surface area (Å²) >= 11 is 6.06. The Kier molecular flexibility index (Phi) is 5.41. The van der Waals surface area contributed by atoms with Gasteiger partial charge in [-0.05, 0) is 12.8 Å². The highest BCUT2D eigenvalue weighted by atomic mass is 35.5. The van der Waals surface area contributed by atoms with E-state index in [1.807, 2.05) is 0 Å². The lowest BCUT2D eigenvalue weighted by Crippen LogP contribution is -2.28. The van der Waals surface area contributed by atoms with Gasteiger partial charge in [-0.15, -0.1) is 6.58 Å². The summed E-state index contributed by atoms with van der Waals surface area (Å²) in [7, 11) is 0. The highest BCUT2D eigenvalue weighted by molar-refractivity contribution is 6.32. The fourth-order valence-electron chi connectivity index (χ4n) is 1.56. The van der Waals surface area contributed by atoms with E-state index in [0.717, 1.165) is 6.42 Å². The van der Waals surface area contributed by atoms with Crippen LogP contribution in [0.4, 0.5) is 5.69 Å². The molecule has 4 nitrogen and oxygen atoms in total. The Hall–Kier alpha value is -1.29. The van der Waals surface area contributed by atoms with Crippen molar-refractivity contribution in [3.05, 3.63) is 34.2 Å². The largest absolute Gasteiger partial charge is 0.380 e. The van der Waals surface area contributed by atoms with Gasteiger partial charge in [-0.1, -0.05) is 37.9 Å². The summed E-state index contributed by atoms with van der Waals surface area (Å²) < 4.78 is 1.29. The number of nitrogens with zero attached hydrogens (tertiary/aromatic N) is 2. The molecule has 0 aliphatic rings. The molecular weight excluding hydrogens is 250 g/mol. The number of aromatic nitrogens is 2. The molecule has 1 aromatic rings. The second-order valence-electron chi connectivity index (χ2n) is 4.47. The van der Waals surface area contributed by atoms with Gasteiger partial charge < -0.3 is 5.32 Å². The summed E-state index contributed by atoms with van der Waals surface area (Å²) in [6.45, 7) is 10.3. The van der Waals surface area contributed by atoms with Crippen LogP contribution >= 0.6 is 11.6 Å². The Labute approximate surface area is 113 Å². The van der Waals surface area contributed by atoms with Crippen LogP contribution in [-0.2, 0) is 6.54 Å². The Morgan fingerprint density at radius 1 is 1.61 bits per heavy atom. The van der Waals surface area contributed by atoms with Gasteiger partial charge in [0.1, 0.15) is 5.02 Å². The standard InChI is InChI=1S/C13H20ClN3O/c1-5-7-17-13(18)12(14)11(8-15-17)16-10(4)9(3)6-2/h5,8-10,16H,1,6-7H2,2-4H3. The summed E-state index contributed by atoms with van der Waals surface area (Å²) in [5.41, 5.74) is 0.299. The van der Waals surface area contributed by atoms with Crippen molar-refractivity contribution in [3.8, 4) is 0 Å². The van der Waals surface area contributed by atoms with Crippen LogP contribution in [0.15, 0.2) is 23.6 Å². The van der Waals surface area contributed by atoms with Crippen LogP contribution in [0, 0.1) is 5.92 Å². The maximum Gasteiger partial charge on any atom is 0.287 e. The van der Waals surface area contributed by atoms with Crippen molar-refractivity contribution < 1.29 is 0 Å². The number of hydrogen-bond acceptors (Lipinski definition) is 3. The average Bonchev–Trinajstić information content (AvgIpc) is 2.37. The van der Waals surface area contributed by atoms with Gasteiger partial charge in [-0.2, -0.15) is 5.10 Å². The van der Waals surface area contributed by atoms with Gasteiger partial charge in [0.25, 0.3) is 5.56 Å². The van der Waals surface area contributed by atoms with Crippen LogP contribution in [0.2, 0.25) is 5.02 Å². The van der Waals surface area contributed by atoms with Crippen molar-refractivity contribution in [2.45, 2.75) is 39.8 Å². The molecule has 1 N–H and O–H groups in total. The molecule has 0 aliphatic carbocycles. The van der Waals surface area contributed by atoms with E-state index in [-0.39, 0.29) is 16.6 Å². The van der Waals surface area contributed by atoms with E-state index < -0.39 is 0 Å². The lowest BCUT2D eigenvalue weighted by Gasteiger charge is -2.21. The molecule has 0 fully saturated rings. The molecule has 0 amide bonds. The highest BCUT2D eigenvalue weighted by Gasteiger charge is 2.14. The quantitative estimate of drug-likeness (QED) is 0.808. The van der Waals surface area contributed by atoms with Crippen LogP contribution in [0.3, 0.4) is 0 Å². The fraction of sp³-hybridized carbons (Fsp3) is 0.538. The van der Waals surface area contributed by atoms with Gasteiger partial charge in [0.05, 0.1) is 18.4 Å². The molecule has 0 radical (unpaired) electrons. The molecule has 0 aromatic carbocycles. The monoisotopic (exact) mass is 269 g/mol. The van der Waals surface area contributed by atoms with Gasteiger partial charge >= 0.3 is 0 Å². The van der Waals surface area contributed by atoms with E-state index in [2.05, 4.69) is 37.8 Å². The van der Waals surface area contributed by atoms with Gasteiger partial charge in [0.15, 0.2) is 0 Å². The third-order valence-electron chi connectivity index (χ3n) is 3.17. The lowest BCUT2D eigenvalue weighted by atomic mass is 10.0. The van der Waals surface area contributed by atoms with Crippen LogP contribution in [0.25, 0.3) is 0 Å². The molecule has 0 spiro atoms. The third-order valence-corrected chi connectivity index (χ3v) is 3.53. The van der Waals surface area contributed by atoms with Crippen molar-refractivity contribution in [3.63, 3.8) is 0 Å². The van der Waals surface area contributed by atoms with E-state index >= 15 is 0 Å². The van der Waals surface area contributed by atoms with Crippen LogP contribution in [-0.4, -0.2) is 15.8 Å². The highest BCUT2D eigenvalue weighted by Crippen LogP contribution is 2.19. The minimum atomic E-state index is -0.294. The molecule has 0 saturated carbocycles. The van der Waals surface area contributed by atoms with Crippen LogP contribution in [0.1, 0.15) is 27.2 Å². The summed E-state index contributed by atoms with van der Waals surface area (Å²) in [6.07, 6.45) is 4.26. The third kappa shape index (κ3) is 3.35. The molecule has 0 saturated heterocycles. The number of nitrogens with one attached hydrogen (secondary N) is 1. The Bertz CT molecular complexity index is 470. The van der Waals surface area contributed by atoms with Crippen molar-refractivity contribution in [2.24, 2.45) is 5.92 Å². The molecule has 2 atom stereocenters. The summed E-state index contributed by atoms with van der Waals surface area (Å²) in [6, 6.07) is 0.240. The Morgan fingerprint density at radius 2 is 2.28 bits per heavy atom. The van der Waals surface area contributed by atoms with Crippen LogP contribution in [0.5, 0.6) is 0 Å². The first-order valence-corrected chi connectivity index (χ1v) is 6.52. The van der Waals surface area contributed by atoms with E-state index in [1.54, 1.807) is 12.3 Å².